The Bertz CT molecular complexity index is 839. The molecule has 4 heteroatoms. The van der Waals surface area contributed by atoms with Crippen LogP contribution in [0.5, 0.6) is 0 Å². The molecule has 4 nitrogen and oxygen atoms in total. The van der Waals surface area contributed by atoms with E-state index in [4.69, 9.17) is 0 Å². The maximum Gasteiger partial charge on any atom is 0.272 e. The number of aromatic nitrogens is 2. The molecule has 0 saturated carbocycles. The second kappa shape index (κ2) is 5.72. The summed E-state index contributed by atoms with van der Waals surface area (Å²) in [5.74, 6) is 0.00850. The van der Waals surface area contributed by atoms with Crippen LogP contribution in [-0.2, 0) is 13.0 Å². The highest BCUT2D eigenvalue weighted by atomic mass is 16.2. The molecule has 1 N–H and O–H groups in total. The van der Waals surface area contributed by atoms with Crippen molar-refractivity contribution in [2.24, 2.45) is 0 Å². The third-order valence-corrected chi connectivity index (χ3v) is 4.30. The molecule has 0 radical (unpaired) electrons. The van der Waals surface area contributed by atoms with Crippen molar-refractivity contribution in [1.82, 2.24) is 15.1 Å². The summed E-state index contributed by atoms with van der Waals surface area (Å²) in [6.07, 6.45) is 0.904. The SMILES string of the molecule is O=C(c1cc(-c2ccccc2)n[nH]1)N1CCc2ccccc2C1. The van der Waals surface area contributed by atoms with E-state index in [2.05, 4.69) is 28.4 Å². The monoisotopic (exact) mass is 303 g/mol. The van der Waals surface area contributed by atoms with Gasteiger partial charge in [0.2, 0.25) is 0 Å². The van der Waals surface area contributed by atoms with E-state index in [-0.39, 0.29) is 5.91 Å². The van der Waals surface area contributed by atoms with Gasteiger partial charge >= 0.3 is 0 Å². The fourth-order valence-corrected chi connectivity index (χ4v) is 3.03. The van der Waals surface area contributed by atoms with E-state index >= 15 is 0 Å². The lowest BCUT2D eigenvalue weighted by molar-refractivity contribution is 0.0728. The van der Waals surface area contributed by atoms with Crippen molar-refractivity contribution >= 4 is 5.91 Å². The Morgan fingerprint density at radius 2 is 1.74 bits per heavy atom. The van der Waals surface area contributed by atoms with Crippen LogP contribution in [0, 0.1) is 0 Å². The number of hydrogen-bond donors (Lipinski definition) is 1. The fraction of sp³-hybridized carbons (Fsp3) is 0.158. The molecule has 0 spiro atoms. The number of rotatable bonds is 2. The van der Waals surface area contributed by atoms with Gasteiger partial charge in [0.05, 0.1) is 5.69 Å². The van der Waals surface area contributed by atoms with E-state index in [0.717, 1.165) is 24.2 Å². The van der Waals surface area contributed by atoms with Crippen molar-refractivity contribution in [3.8, 4) is 11.3 Å². The highest BCUT2D eigenvalue weighted by Crippen LogP contribution is 2.22. The van der Waals surface area contributed by atoms with Crippen molar-refractivity contribution in [3.63, 3.8) is 0 Å². The third-order valence-electron chi connectivity index (χ3n) is 4.30. The van der Waals surface area contributed by atoms with Crippen LogP contribution in [0.3, 0.4) is 0 Å². The molecule has 1 aromatic heterocycles. The zero-order valence-electron chi connectivity index (χ0n) is 12.7. The van der Waals surface area contributed by atoms with Crippen LogP contribution in [-0.4, -0.2) is 27.5 Å². The van der Waals surface area contributed by atoms with E-state index in [1.54, 1.807) is 0 Å². The fourth-order valence-electron chi connectivity index (χ4n) is 3.03. The minimum Gasteiger partial charge on any atom is -0.333 e. The maximum atomic E-state index is 12.7. The summed E-state index contributed by atoms with van der Waals surface area (Å²) < 4.78 is 0. The minimum atomic E-state index is 0.00850. The number of nitrogens with one attached hydrogen (secondary N) is 1. The molecule has 1 aliphatic rings. The van der Waals surface area contributed by atoms with E-state index in [9.17, 15) is 4.79 Å². The van der Waals surface area contributed by atoms with Gasteiger partial charge in [-0.2, -0.15) is 5.10 Å². The molecule has 0 bridgehead atoms. The van der Waals surface area contributed by atoms with Gasteiger partial charge in [0.25, 0.3) is 5.91 Å². The Kier molecular flexibility index (Phi) is 3.42. The number of H-pyrrole nitrogens is 1. The lowest BCUT2D eigenvalue weighted by Gasteiger charge is -2.28. The number of benzene rings is 2. The summed E-state index contributed by atoms with van der Waals surface area (Å²) in [4.78, 5) is 14.6. The zero-order valence-corrected chi connectivity index (χ0v) is 12.7. The molecule has 4 rings (SSSR count). The van der Waals surface area contributed by atoms with Crippen molar-refractivity contribution < 1.29 is 4.79 Å². The molecular weight excluding hydrogens is 286 g/mol. The predicted molar refractivity (Wildman–Crippen MR) is 88.9 cm³/mol. The smallest absolute Gasteiger partial charge is 0.272 e. The summed E-state index contributed by atoms with van der Waals surface area (Å²) in [5, 5.41) is 7.16. The molecule has 0 fully saturated rings. The number of fused-ring (bicyclic) bond motifs is 1. The molecule has 0 unspecified atom stereocenters. The van der Waals surface area contributed by atoms with Crippen LogP contribution in [0.1, 0.15) is 21.6 Å². The van der Waals surface area contributed by atoms with Crippen LogP contribution >= 0.6 is 0 Å². The molecule has 1 aliphatic heterocycles. The lowest BCUT2D eigenvalue weighted by atomic mass is 10.00. The van der Waals surface area contributed by atoms with Crippen LogP contribution in [0.4, 0.5) is 0 Å². The zero-order chi connectivity index (χ0) is 15.6. The summed E-state index contributed by atoms with van der Waals surface area (Å²) in [5.41, 5.74) is 4.92. The molecule has 0 atom stereocenters. The minimum absolute atomic E-state index is 0.00850. The number of nitrogens with zero attached hydrogens (tertiary/aromatic N) is 2. The largest absolute Gasteiger partial charge is 0.333 e. The topological polar surface area (TPSA) is 49.0 Å². The number of carbonyl (C=O) groups is 1. The molecule has 0 saturated heterocycles. The number of hydrogen-bond acceptors (Lipinski definition) is 2. The van der Waals surface area contributed by atoms with E-state index in [0.29, 0.717) is 12.2 Å². The first kappa shape index (κ1) is 13.8. The summed E-state index contributed by atoms with van der Waals surface area (Å²) >= 11 is 0. The van der Waals surface area contributed by atoms with Crippen molar-refractivity contribution in [1.29, 1.82) is 0 Å². The molecule has 0 aliphatic carbocycles. The average Bonchev–Trinajstić information content (AvgIpc) is 3.11. The Morgan fingerprint density at radius 1 is 1.00 bits per heavy atom. The number of aromatic amines is 1. The first-order valence-electron chi connectivity index (χ1n) is 7.78. The maximum absolute atomic E-state index is 12.7. The Labute approximate surface area is 134 Å². The van der Waals surface area contributed by atoms with Gasteiger partial charge < -0.3 is 4.90 Å². The van der Waals surface area contributed by atoms with Gasteiger partial charge in [-0.3, -0.25) is 9.89 Å². The predicted octanol–water partition coefficient (Wildman–Crippen LogP) is 3.28. The summed E-state index contributed by atoms with van der Waals surface area (Å²) in [6.45, 7) is 1.41. The Hall–Kier alpha value is -2.88. The van der Waals surface area contributed by atoms with Crippen molar-refractivity contribution in [2.75, 3.05) is 6.54 Å². The molecule has 23 heavy (non-hydrogen) atoms. The quantitative estimate of drug-likeness (QED) is 0.790. The molecule has 2 aromatic carbocycles. The van der Waals surface area contributed by atoms with Crippen LogP contribution in [0.2, 0.25) is 0 Å². The average molecular weight is 303 g/mol. The first-order valence-corrected chi connectivity index (χ1v) is 7.78. The first-order chi connectivity index (χ1) is 11.3. The highest BCUT2D eigenvalue weighted by Gasteiger charge is 2.23. The van der Waals surface area contributed by atoms with Gasteiger partial charge in [-0.1, -0.05) is 54.6 Å². The van der Waals surface area contributed by atoms with Gasteiger partial charge in [0.15, 0.2) is 0 Å². The standard InChI is InChI=1S/C19H17N3O/c23-19(22-11-10-14-6-4-5-9-16(14)13-22)18-12-17(20-21-18)15-7-2-1-3-8-15/h1-9,12H,10-11,13H2,(H,20,21). The van der Waals surface area contributed by atoms with Gasteiger partial charge in [0, 0.05) is 18.7 Å². The van der Waals surface area contributed by atoms with E-state index in [1.807, 2.05) is 47.4 Å². The Morgan fingerprint density at radius 3 is 2.57 bits per heavy atom. The number of amides is 1. The van der Waals surface area contributed by atoms with E-state index < -0.39 is 0 Å². The Balaban J connectivity index is 1.55. The molecular formula is C19H17N3O. The second-order valence-electron chi connectivity index (χ2n) is 5.78. The highest BCUT2D eigenvalue weighted by molar-refractivity contribution is 5.93. The second-order valence-corrected chi connectivity index (χ2v) is 5.78. The van der Waals surface area contributed by atoms with Gasteiger partial charge in [-0.25, -0.2) is 0 Å². The molecule has 114 valence electrons. The molecule has 2 heterocycles. The van der Waals surface area contributed by atoms with Gasteiger partial charge in [-0.05, 0) is 23.6 Å². The molecule has 3 aromatic rings. The van der Waals surface area contributed by atoms with Crippen LogP contribution in [0.25, 0.3) is 11.3 Å². The summed E-state index contributed by atoms with van der Waals surface area (Å²) in [7, 11) is 0. The molecule has 1 amide bonds. The van der Waals surface area contributed by atoms with Crippen LogP contribution < -0.4 is 0 Å². The lowest BCUT2D eigenvalue weighted by Crippen LogP contribution is -2.36. The van der Waals surface area contributed by atoms with Crippen molar-refractivity contribution in [3.05, 3.63) is 77.5 Å². The normalized spacial score (nSPS) is 13.7. The third kappa shape index (κ3) is 2.63. The van der Waals surface area contributed by atoms with Gasteiger partial charge in [0.1, 0.15) is 5.69 Å². The van der Waals surface area contributed by atoms with Gasteiger partial charge in [-0.15, -0.1) is 0 Å². The van der Waals surface area contributed by atoms with Crippen molar-refractivity contribution in [2.45, 2.75) is 13.0 Å². The van der Waals surface area contributed by atoms with Crippen LogP contribution in [0.15, 0.2) is 60.7 Å². The van der Waals surface area contributed by atoms with E-state index in [1.165, 1.54) is 11.1 Å². The summed E-state index contributed by atoms with van der Waals surface area (Å²) in [6, 6.07) is 20.0. The number of carbonyl (C=O) groups excluding carboxylic acids is 1.